The predicted octanol–water partition coefficient (Wildman–Crippen LogP) is 0.352. The third kappa shape index (κ3) is 1.12. The molecular weight excluding hydrogens is 196 g/mol. The topological polar surface area (TPSA) is 48.1 Å². The maximum absolute atomic E-state index is 11.5. The summed E-state index contributed by atoms with van der Waals surface area (Å²) in [4.78, 5) is 11.5. The van der Waals surface area contributed by atoms with E-state index in [4.69, 9.17) is 14.2 Å². The highest BCUT2D eigenvalue weighted by Crippen LogP contribution is 2.55. The molecule has 0 radical (unpaired) electrons. The van der Waals surface area contributed by atoms with Gasteiger partial charge in [-0.05, 0) is 18.8 Å². The number of ether oxygens (including phenoxy) is 3. The van der Waals surface area contributed by atoms with E-state index < -0.39 is 0 Å². The van der Waals surface area contributed by atoms with Crippen LogP contribution in [0.5, 0.6) is 0 Å². The highest BCUT2D eigenvalue weighted by Gasteiger charge is 2.62. The van der Waals surface area contributed by atoms with E-state index >= 15 is 0 Å². The third-order valence-electron chi connectivity index (χ3n) is 4.29. The Balaban J connectivity index is 1.49. The highest BCUT2D eigenvalue weighted by atomic mass is 16.6. The van der Waals surface area contributed by atoms with Gasteiger partial charge in [0.1, 0.15) is 12.2 Å². The molecule has 4 heteroatoms. The molecule has 6 atom stereocenters. The minimum absolute atomic E-state index is 0.0151. The van der Waals surface area contributed by atoms with Crippen molar-refractivity contribution in [2.75, 3.05) is 13.2 Å². The lowest BCUT2D eigenvalue weighted by Crippen LogP contribution is -2.35. The van der Waals surface area contributed by atoms with Gasteiger partial charge in [-0.25, -0.2) is 0 Å². The second-order valence-electron chi connectivity index (χ2n) is 5.16. The summed E-state index contributed by atoms with van der Waals surface area (Å²) >= 11 is 0. The van der Waals surface area contributed by atoms with Crippen molar-refractivity contribution < 1.29 is 19.0 Å². The first-order valence-corrected chi connectivity index (χ1v) is 5.76. The van der Waals surface area contributed by atoms with E-state index in [9.17, 15) is 4.79 Å². The van der Waals surface area contributed by atoms with Crippen LogP contribution < -0.4 is 0 Å². The number of rotatable bonds is 3. The molecule has 15 heavy (non-hydrogen) atoms. The van der Waals surface area contributed by atoms with Crippen molar-refractivity contribution >= 4 is 5.97 Å². The number of carbonyl (C=O) groups is 1. The van der Waals surface area contributed by atoms with Gasteiger partial charge >= 0.3 is 5.97 Å². The number of carbonyl (C=O) groups excluding carboxylic acids is 1. The largest absolute Gasteiger partial charge is 0.459 e. The predicted molar refractivity (Wildman–Crippen MR) is 49.1 cm³/mol. The van der Waals surface area contributed by atoms with Gasteiger partial charge in [0.2, 0.25) is 0 Å². The zero-order chi connectivity index (χ0) is 9.99. The van der Waals surface area contributed by atoms with Crippen LogP contribution in [0.3, 0.4) is 0 Å². The van der Waals surface area contributed by atoms with Gasteiger partial charge in [0, 0.05) is 5.92 Å². The molecule has 82 valence electrons. The van der Waals surface area contributed by atoms with Crippen LogP contribution in [0.1, 0.15) is 12.8 Å². The molecule has 4 rings (SSSR count). The van der Waals surface area contributed by atoms with Crippen molar-refractivity contribution in [1.82, 2.24) is 0 Å². The molecule has 0 amide bonds. The van der Waals surface area contributed by atoms with Crippen LogP contribution in [-0.4, -0.2) is 37.5 Å². The Bertz CT molecular complexity index is 312. The minimum atomic E-state index is 0.0151. The minimum Gasteiger partial charge on any atom is -0.459 e. The summed E-state index contributed by atoms with van der Waals surface area (Å²) in [6.45, 7) is 1.50. The van der Waals surface area contributed by atoms with Crippen LogP contribution in [0, 0.1) is 17.8 Å². The fraction of sp³-hybridized carbons (Fsp3) is 0.909. The first-order valence-electron chi connectivity index (χ1n) is 5.76. The van der Waals surface area contributed by atoms with Crippen molar-refractivity contribution in [3.8, 4) is 0 Å². The van der Waals surface area contributed by atoms with Gasteiger partial charge < -0.3 is 14.2 Å². The van der Waals surface area contributed by atoms with Crippen molar-refractivity contribution in [1.29, 1.82) is 0 Å². The third-order valence-corrected chi connectivity index (χ3v) is 4.29. The first kappa shape index (κ1) is 8.53. The first-order chi connectivity index (χ1) is 7.33. The Morgan fingerprint density at radius 2 is 2.27 bits per heavy atom. The average Bonchev–Trinajstić information content (AvgIpc) is 2.79. The van der Waals surface area contributed by atoms with Gasteiger partial charge in [0.25, 0.3) is 0 Å². The molecule has 0 aromatic heterocycles. The molecule has 2 saturated carbocycles. The maximum atomic E-state index is 11.5. The number of fused-ring (bicyclic) bond motifs is 1. The molecule has 2 saturated heterocycles. The van der Waals surface area contributed by atoms with E-state index in [1.54, 1.807) is 0 Å². The molecule has 0 spiro atoms. The van der Waals surface area contributed by atoms with E-state index in [1.165, 1.54) is 0 Å². The van der Waals surface area contributed by atoms with Crippen LogP contribution >= 0.6 is 0 Å². The van der Waals surface area contributed by atoms with E-state index in [2.05, 4.69) is 0 Å². The van der Waals surface area contributed by atoms with Gasteiger partial charge in [0.05, 0.1) is 25.2 Å². The summed E-state index contributed by atoms with van der Waals surface area (Å²) in [5.41, 5.74) is 0. The molecule has 2 heterocycles. The quantitative estimate of drug-likeness (QED) is 0.498. The molecule has 2 aliphatic heterocycles. The van der Waals surface area contributed by atoms with Crippen molar-refractivity contribution in [3.05, 3.63) is 0 Å². The van der Waals surface area contributed by atoms with Gasteiger partial charge in [-0.1, -0.05) is 0 Å². The van der Waals surface area contributed by atoms with E-state index in [-0.39, 0.29) is 24.1 Å². The lowest BCUT2D eigenvalue weighted by atomic mass is 9.88. The average molecular weight is 210 g/mol. The maximum Gasteiger partial charge on any atom is 0.309 e. The van der Waals surface area contributed by atoms with Crippen LogP contribution in [0.25, 0.3) is 0 Å². The normalized spacial score (nSPS) is 54.8. The summed E-state index contributed by atoms with van der Waals surface area (Å²) in [7, 11) is 0. The van der Waals surface area contributed by atoms with Gasteiger partial charge in [-0.3, -0.25) is 4.79 Å². The van der Waals surface area contributed by atoms with Crippen LogP contribution in [0.15, 0.2) is 0 Å². The molecule has 0 aromatic rings. The lowest BCUT2D eigenvalue weighted by Gasteiger charge is -2.25. The molecule has 4 nitrogen and oxygen atoms in total. The highest BCUT2D eigenvalue weighted by molar-refractivity contribution is 5.76. The van der Waals surface area contributed by atoms with E-state index in [1.807, 2.05) is 0 Å². The Morgan fingerprint density at radius 1 is 1.40 bits per heavy atom. The second kappa shape index (κ2) is 2.74. The Hall–Kier alpha value is -0.610. The summed E-state index contributed by atoms with van der Waals surface area (Å²) in [6, 6.07) is 0. The number of hydrogen-bond donors (Lipinski definition) is 0. The number of hydrogen-bond acceptors (Lipinski definition) is 4. The van der Waals surface area contributed by atoms with Gasteiger partial charge in [0.15, 0.2) is 0 Å². The molecule has 4 aliphatic rings. The fourth-order valence-electron chi connectivity index (χ4n) is 3.51. The molecule has 4 fully saturated rings. The van der Waals surface area contributed by atoms with Crippen molar-refractivity contribution in [2.45, 2.75) is 31.2 Å². The van der Waals surface area contributed by atoms with Crippen LogP contribution in [0.2, 0.25) is 0 Å². The summed E-state index contributed by atoms with van der Waals surface area (Å²) in [5.74, 6) is 1.21. The zero-order valence-electron chi connectivity index (χ0n) is 8.43. The van der Waals surface area contributed by atoms with Gasteiger partial charge in [-0.15, -0.1) is 0 Å². The SMILES string of the molecule is O=C1OC2C3CC(CC13)C2OCC1CO1. The Morgan fingerprint density at radius 3 is 3.07 bits per heavy atom. The molecular formula is C11H14O4. The van der Waals surface area contributed by atoms with E-state index in [0.717, 1.165) is 19.4 Å². The number of esters is 1. The summed E-state index contributed by atoms with van der Waals surface area (Å²) in [6.07, 6.45) is 2.62. The Labute approximate surface area is 87.9 Å². The monoisotopic (exact) mass is 210 g/mol. The van der Waals surface area contributed by atoms with Gasteiger partial charge in [-0.2, -0.15) is 0 Å². The Kier molecular flexibility index (Phi) is 1.56. The molecule has 6 unspecified atom stereocenters. The van der Waals surface area contributed by atoms with E-state index in [0.29, 0.717) is 24.5 Å². The number of epoxide rings is 1. The molecule has 0 aromatic carbocycles. The summed E-state index contributed by atoms with van der Waals surface area (Å²) in [5, 5.41) is 0. The smallest absolute Gasteiger partial charge is 0.309 e. The summed E-state index contributed by atoms with van der Waals surface area (Å²) < 4.78 is 16.4. The van der Waals surface area contributed by atoms with Crippen molar-refractivity contribution in [3.63, 3.8) is 0 Å². The molecule has 0 N–H and O–H groups in total. The van der Waals surface area contributed by atoms with Crippen molar-refractivity contribution in [2.24, 2.45) is 17.8 Å². The van der Waals surface area contributed by atoms with Crippen LogP contribution in [0.4, 0.5) is 0 Å². The fourth-order valence-corrected chi connectivity index (χ4v) is 3.51. The van der Waals surface area contributed by atoms with Crippen LogP contribution in [-0.2, 0) is 19.0 Å². The zero-order valence-corrected chi connectivity index (χ0v) is 8.43. The standard InChI is InChI=1S/C11H14O4/c12-11-8-2-5-1-7(8)10(15-11)9(5)14-4-6-3-13-6/h5-10H,1-4H2. The lowest BCUT2D eigenvalue weighted by molar-refractivity contribution is -0.147. The molecule has 2 bridgehead atoms. The molecule has 2 aliphatic carbocycles. The second-order valence-corrected chi connectivity index (χ2v) is 5.16.